The maximum absolute atomic E-state index is 13.5. The van der Waals surface area contributed by atoms with E-state index in [-0.39, 0.29) is 16.9 Å². The first-order valence-corrected chi connectivity index (χ1v) is 7.82. The Bertz CT molecular complexity index is 598. The molecule has 0 radical (unpaired) electrons. The van der Waals surface area contributed by atoms with Crippen LogP contribution in [0.15, 0.2) is 18.2 Å². The second-order valence-electron chi connectivity index (χ2n) is 4.75. The van der Waals surface area contributed by atoms with E-state index in [1.165, 1.54) is 10.9 Å². The lowest BCUT2D eigenvalue weighted by Crippen LogP contribution is -2.22. The Morgan fingerprint density at radius 3 is 2.70 bits per heavy atom. The molecule has 5 heteroatoms. The lowest BCUT2D eigenvalue weighted by molar-refractivity contribution is 0.551. The van der Waals surface area contributed by atoms with E-state index in [0.717, 1.165) is 29.2 Å². The Balaban J connectivity index is 2.25. The zero-order chi connectivity index (χ0) is 14.7. The van der Waals surface area contributed by atoms with Crippen molar-refractivity contribution in [2.45, 2.75) is 33.2 Å². The predicted octanol–water partition coefficient (Wildman–Crippen LogP) is 4.45. The van der Waals surface area contributed by atoms with Crippen molar-refractivity contribution in [1.29, 1.82) is 0 Å². The molecule has 2 aromatic rings. The number of rotatable bonds is 5. The van der Waals surface area contributed by atoms with Crippen LogP contribution < -0.4 is 5.32 Å². The lowest BCUT2D eigenvalue weighted by Gasteiger charge is -2.17. The number of nitrogens with zero attached hydrogens (tertiary/aromatic N) is 1. The van der Waals surface area contributed by atoms with Gasteiger partial charge in [0, 0.05) is 10.9 Å². The van der Waals surface area contributed by atoms with E-state index in [1.807, 2.05) is 19.9 Å². The molecule has 20 heavy (non-hydrogen) atoms. The first-order chi connectivity index (χ1) is 9.51. The van der Waals surface area contributed by atoms with Crippen LogP contribution in [-0.4, -0.2) is 11.5 Å². The fourth-order valence-corrected chi connectivity index (χ4v) is 3.40. The number of likely N-dealkylation sites (N-methyl/N-ethyl adjacent to an activating group) is 1. The van der Waals surface area contributed by atoms with Gasteiger partial charge in [-0.05, 0) is 44.5 Å². The van der Waals surface area contributed by atoms with Gasteiger partial charge in [0.15, 0.2) is 0 Å². The van der Waals surface area contributed by atoms with Crippen molar-refractivity contribution in [3.05, 3.63) is 50.2 Å². The Hall–Kier alpha value is -0.970. The molecule has 0 saturated heterocycles. The molecular formula is C15H18ClFN2S. The Kier molecular flexibility index (Phi) is 5.13. The quantitative estimate of drug-likeness (QED) is 0.882. The summed E-state index contributed by atoms with van der Waals surface area (Å²) in [7, 11) is 0. The number of aryl methyl sites for hydroxylation is 2. The Morgan fingerprint density at radius 1 is 1.40 bits per heavy atom. The fraction of sp³-hybridized carbons (Fsp3) is 0.400. The van der Waals surface area contributed by atoms with E-state index in [0.29, 0.717) is 0 Å². The summed E-state index contributed by atoms with van der Waals surface area (Å²) < 4.78 is 13.5. The number of hydrogen-bond donors (Lipinski definition) is 1. The summed E-state index contributed by atoms with van der Waals surface area (Å²) in [6, 6.07) is 5.15. The number of nitrogens with one attached hydrogen (secondary N) is 1. The zero-order valence-electron chi connectivity index (χ0n) is 11.8. The molecule has 1 heterocycles. The van der Waals surface area contributed by atoms with E-state index in [1.54, 1.807) is 17.4 Å². The van der Waals surface area contributed by atoms with Crippen LogP contribution in [0, 0.1) is 19.7 Å². The minimum atomic E-state index is -0.364. The predicted molar refractivity (Wildman–Crippen MR) is 83.1 cm³/mol. The molecule has 0 amide bonds. The summed E-state index contributed by atoms with van der Waals surface area (Å²) >= 11 is 7.42. The highest BCUT2D eigenvalue weighted by Crippen LogP contribution is 2.28. The SMILES string of the molecule is CCNC(Cc1ccc(Cl)c(F)c1)c1sc(C)nc1C. The fourth-order valence-electron chi connectivity index (χ4n) is 2.28. The average molecular weight is 313 g/mol. The monoisotopic (exact) mass is 312 g/mol. The number of aromatic nitrogens is 1. The van der Waals surface area contributed by atoms with Gasteiger partial charge in [0.1, 0.15) is 5.82 Å². The molecule has 0 fully saturated rings. The number of thiazole rings is 1. The van der Waals surface area contributed by atoms with Gasteiger partial charge in [0.2, 0.25) is 0 Å². The normalized spacial score (nSPS) is 12.7. The average Bonchev–Trinajstić information content (AvgIpc) is 2.72. The summed E-state index contributed by atoms with van der Waals surface area (Å²) in [5, 5.41) is 4.67. The first-order valence-electron chi connectivity index (χ1n) is 6.62. The maximum Gasteiger partial charge on any atom is 0.142 e. The Morgan fingerprint density at radius 2 is 2.15 bits per heavy atom. The molecule has 1 N–H and O–H groups in total. The van der Waals surface area contributed by atoms with E-state index in [9.17, 15) is 4.39 Å². The van der Waals surface area contributed by atoms with Crippen molar-refractivity contribution in [3.8, 4) is 0 Å². The van der Waals surface area contributed by atoms with Gasteiger partial charge in [-0.2, -0.15) is 0 Å². The smallest absolute Gasteiger partial charge is 0.142 e. The molecule has 1 atom stereocenters. The minimum absolute atomic E-state index is 0.159. The summed E-state index contributed by atoms with van der Waals surface area (Å²) in [5.74, 6) is -0.364. The third kappa shape index (κ3) is 3.57. The highest BCUT2D eigenvalue weighted by Gasteiger charge is 2.17. The standard InChI is InChI=1S/C15H18ClFN2S/c1-4-18-14(15-9(2)19-10(3)20-15)8-11-5-6-12(16)13(17)7-11/h5-7,14,18H,4,8H2,1-3H3. The van der Waals surface area contributed by atoms with Crippen LogP contribution in [0.2, 0.25) is 5.02 Å². The topological polar surface area (TPSA) is 24.9 Å². The summed E-state index contributed by atoms with van der Waals surface area (Å²) in [6.07, 6.45) is 0.727. The first kappa shape index (κ1) is 15.4. The third-order valence-corrected chi connectivity index (χ3v) is 4.62. The summed E-state index contributed by atoms with van der Waals surface area (Å²) in [6.45, 7) is 6.95. The van der Waals surface area contributed by atoms with Gasteiger partial charge in [0.05, 0.1) is 15.7 Å². The molecule has 1 aromatic carbocycles. The van der Waals surface area contributed by atoms with Crippen LogP contribution in [0.4, 0.5) is 4.39 Å². The van der Waals surface area contributed by atoms with E-state index in [4.69, 9.17) is 11.6 Å². The van der Waals surface area contributed by atoms with Crippen LogP contribution in [0.5, 0.6) is 0 Å². The third-order valence-electron chi connectivity index (χ3n) is 3.13. The van der Waals surface area contributed by atoms with Gasteiger partial charge in [-0.15, -0.1) is 11.3 Å². The van der Waals surface area contributed by atoms with Crippen LogP contribution in [0.3, 0.4) is 0 Å². The lowest BCUT2D eigenvalue weighted by atomic mass is 10.0. The second kappa shape index (κ2) is 6.66. The van der Waals surface area contributed by atoms with Crippen LogP contribution in [0.25, 0.3) is 0 Å². The van der Waals surface area contributed by atoms with Crippen molar-refractivity contribution in [2.75, 3.05) is 6.54 Å². The highest BCUT2D eigenvalue weighted by molar-refractivity contribution is 7.11. The van der Waals surface area contributed by atoms with Gasteiger partial charge in [-0.3, -0.25) is 0 Å². The molecule has 108 valence electrons. The van der Waals surface area contributed by atoms with Crippen molar-refractivity contribution in [3.63, 3.8) is 0 Å². The largest absolute Gasteiger partial charge is 0.309 e. The van der Waals surface area contributed by atoms with Crippen LogP contribution in [0.1, 0.15) is 34.1 Å². The van der Waals surface area contributed by atoms with Crippen molar-refractivity contribution < 1.29 is 4.39 Å². The van der Waals surface area contributed by atoms with Gasteiger partial charge in [-0.25, -0.2) is 9.37 Å². The number of halogens is 2. The number of hydrogen-bond acceptors (Lipinski definition) is 3. The van der Waals surface area contributed by atoms with Crippen LogP contribution >= 0.6 is 22.9 Å². The van der Waals surface area contributed by atoms with E-state index in [2.05, 4.69) is 17.2 Å². The molecule has 0 aliphatic heterocycles. The molecule has 2 rings (SSSR count). The molecule has 1 unspecified atom stereocenters. The van der Waals surface area contributed by atoms with Crippen molar-refractivity contribution >= 4 is 22.9 Å². The Labute approximate surface area is 128 Å². The van der Waals surface area contributed by atoms with Gasteiger partial charge in [-0.1, -0.05) is 24.6 Å². The summed E-state index contributed by atoms with van der Waals surface area (Å²) in [5.41, 5.74) is 1.98. The summed E-state index contributed by atoms with van der Waals surface area (Å²) in [4.78, 5) is 5.69. The van der Waals surface area contributed by atoms with Gasteiger partial charge >= 0.3 is 0 Å². The molecule has 0 bridgehead atoms. The second-order valence-corrected chi connectivity index (χ2v) is 6.39. The van der Waals surface area contributed by atoms with E-state index >= 15 is 0 Å². The van der Waals surface area contributed by atoms with Crippen LogP contribution in [-0.2, 0) is 6.42 Å². The van der Waals surface area contributed by atoms with Crippen molar-refractivity contribution in [1.82, 2.24) is 10.3 Å². The van der Waals surface area contributed by atoms with Gasteiger partial charge < -0.3 is 5.32 Å². The van der Waals surface area contributed by atoms with Gasteiger partial charge in [0.25, 0.3) is 0 Å². The molecular weight excluding hydrogens is 295 g/mol. The minimum Gasteiger partial charge on any atom is -0.309 e. The van der Waals surface area contributed by atoms with Crippen molar-refractivity contribution in [2.24, 2.45) is 0 Å². The highest BCUT2D eigenvalue weighted by atomic mass is 35.5. The maximum atomic E-state index is 13.5. The molecule has 0 spiro atoms. The molecule has 0 aliphatic rings. The van der Waals surface area contributed by atoms with E-state index < -0.39 is 0 Å². The zero-order valence-corrected chi connectivity index (χ0v) is 13.4. The molecule has 1 aromatic heterocycles. The molecule has 2 nitrogen and oxygen atoms in total. The molecule has 0 saturated carbocycles. The molecule has 0 aliphatic carbocycles. The number of benzene rings is 1.